The van der Waals surface area contributed by atoms with Crippen molar-refractivity contribution in [3.8, 4) is 0 Å². The molecule has 0 spiro atoms. The number of carboxylic acids is 1. The van der Waals surface area contributed by atoms with Crippen LogP contribution in [0.5, 0.6) is 0 Å². The maximum atomic E-state index is 12.8. The summed E-state index contributed by atoms with van der Waals surface area (Å²) in [5.74, 6) is 0.562. The van der Waals surface area contributed by atoms with E-state index in [4.69, 9.17) is 5.11 Å². The Kier molecular flexibility index (Phi) is 4.07. The van der Waals surface area contributed by atoms with Crippen LogP contribution in [0.25, 0.3) is 0 Å². The van der Waals surface area contributed by atoms with E-state index in [1.165, 1.54) is 6.42 Å². The van der Waals surface area contributed by atoms with Gasteiger partial charge < -0.3 is 5.11 Å². The second-order valence-corrected chi connectivity index (χ2v) is 7.20. The normalized spacial score (nSPS) is 26.4. The van der Waals surface area contributed by atoms with Gasteiger partial charge in [-0.15, -0.1) is 11.8 Å². The highest BCUT2D eigenvalue weighted by Crippen LogP contribution is 2.42. The van der Waals surface area contributed by atoms with Crippen molar-refractivity contribution in [2.75, 3.05) is 5.75 Å². The van der Waals surface area contributed by atoms with E-state index in [-0.39, 0.29) is 11.7 Å². The first-order valence-corrected chi connectivity index (χ1v) is 8.60. The Bertz CT molecular complexity index is 581. The van der Waals surface area contributed by atoms with Gasteiger partial charge in [-0.25, -0.2) is 0 Å². The van der Waals surface area contributed by atoms with E-state index >= 15 is 0 Å². The Morgan fingerprint density at radius 1 is 1.33 bits per heavy atom. The molecule has 0 aromatic heterocycles. The average molecular weight is 304 g/mol. The van der Waals surface area contributed by atoms with Gasteiger partial charge in [-0.1, -0.05) is 18.9 Å². The SMILES string of the molecule is CC(C(=O)O)c1ccc2c(c1)SCC1CCCCC1C2=O. The van der Waals surface area contributed by atoms with E-state index < -0.39 is 11.9 Å². The van der Waals surface area contributed by atoms with E-state index in [1.54, 1.807) is 24.8 Å². The fourth-order valence-corrected chi connectivity index (χ4v) is 4.76. The molecule has 0 amide bonds. The number of carboxylic acid groups (broad SMARTS) is 1. The van der Waals surface area contributed by atoms with Crippen LogP contribution in [0.4, 0.5) is 0 Å². The quantitative estimate of drug-likeness (QED) is 0.898. The molecule has 4 heteroatoms. The molecule has 1 aromatic carbocycles. The van der Waals surface area contributed by atoms with Crippen LogP contribution >= 0.6 is 11.8 Å². The van der Waals surface area contributed by atoms with E-state index in [0.717, 1.165) is 41.0 Å². The van der Waals surface area contributed by atoms with Crippen molar-refractivity contribution in [2.45, 2.75) is 43.4 Å². The number of hydrogen-bond donors (Lipinski definition) is 1. The van der Waals surface area contributed by atoms with E-state index in [1.807, 2.05) is 12.1 Å². The summed E-state index contributed by atoms with van der Waals surface area (Å²) in [7, 11) is 0. The summed E-state index contributed by atoms with van der Waals surface area (Å²) in [5.41, 5.74) is 1.59. The molecule has 0 saturated heterocycles. The number of benzene rings is 1. The number of thioether (sulfide) groups is 1. The molecular formula is C17H20O3S. The molecular weight excluding hydrogens is 284 g/mol. The fraction of sp³-hybridized carbons (Fsp3) is 0.529. The van der Waals surface area contributed by atoms with Gasteiger partial charge in [-0.05, 0) is 43.4 Å². The lowest BCUT2D eigenvalue weighted by atomic mass is 9.76. The van der Waals surface area contributed by atoms with Gasteiger partial charge in [0.05, 0.1) is 5.92 Å². The lowest BCUT2D eigenvalue weighted by Gasteiger charge is -2.28. The van der Waals surface area contributed by atoms with Crippen molar-refractivity contribution in [2.24, 2.45) is 11.8 Å². The fourth-order valence-electron chi connectivity index (χ4n) is 3.42. The Labute approximate surface area is 129 Å². The molecule has 21 heavy (non-hydrogen) atoms. The number of ketones is 1. The Morgan fingerprint density at radius 3 is 2.86 bits per heavy atom. The molecule has 112 valence electrons. The van der Waals surface area contributed by atoms with Crippen LogP contribution in [0.1, 0.15) is 54.4 Å². The zero-order valence-corrected chi connectivity index (χ0v) is 13.0. The Hall–Kier alpha value is -1.29. The summed E-state index contributed by atoms with van der Waals surface area (Å²) < 4.78 is 0. The van der Waals surface area contributed by atoms with Gasteiger partial charge in [0.1, 0.15) is 0 Å². The van der Waals surface area contributed by atoms with Crippen molar-refractivity contribution in [1.82, 2.24) is 0 Å². The van der Waals surface area contributed by atoms with Crippen molar-refractivity contribution in [1.29, 1.82) is 0 Å². The highest BCUT2D eigenvalue weighted by atomic mass is 32.2. The zero-order chi connectivity index (χ0) is 15.0. The second-order valence-electron chi connectivity index (χ2n) is 6.14. The number of aliphatic carboxylic acids is 1. The van der Waals surface area contributed by atoms with Crippen LogP contribution in [0.15, 0.2) is 23.1 Å². The molecule has 1 aliphatic heterocycles. The molecule has 3 nitrogen and oxygen atoms in total. The van der Waals surface area contributed by atoms with Gasteiger partial charge in [0, 0.05) is 22.1 Å². The van der Waals surface area contributed by atoms with Gasteiger partial charge in [-0.2, -0.15) is 0 Å². The summed E-state index contributed by atoms with van der Waals surface area (Å²) in [4.78, 5) is 24.9. The van der Waals surface area contributed by atoms with Crippen LogP contribution < -0.4 is 0 Å². The first kappa shape index (κ1) is 14.6. The molecule has 1 saturated carbocycles. The van der Waals surface area contributed by atoms with Crippen LogP contribution in [-0.4, -0.2) is 22.6 Å². The van der Waals surface area contributed by atoms with Crippen LogP contribution in [0.2, 0.25) is 0 Å². The molecule has 0 radical (unpaired) electrons. The molecule has 2 aliphatic rings. The molecule has 1 N–H and O–H groups in total. The summed E-state index contributed by atoms with van der Waals surface area (Å²) in [6.07, 6.45) is 4.54. The smallest absolute Gasteiger partial charge is 0.310 e. The number of hydrogen-bond acceptors (Lipinski definition) is 3. The van der Waals surface area contributed by atoms with Crippen LogP contribution in [0, 0.1) is 11.8 Å². The minimum Gasteiger partial charge on any atom is -0.481 e. The largest absolute Gasteiger partial charge is 0.481 e. The van der Waals surface area contributed by atoms with Crippen molar-refractivity contribution < 1.29 is 14.7 Å². The molecule has 1 aliphatic carbocycles. The highest BCUT2D eigenvalue weighted by Gasteiger charge is 2.35. The van der Waals surface area contributed by atoms with E-state index in [2.05, 4.69) is 0 Å². The number of fused-ring (bicyclic) bond motifs is 2. The molecule has 0 bridgehead atoms. The number of carbonyl (C=O) groups is 2. The van der Waals surface area contributed by atoms with E-state index in [9.17, 15) is 9.59 Å². The predicted octanol–water partition coefficient (Wildman–Crippen LogP) is 3.97. The third kappa shape index (κ3) is 2.73. The van der Waals surface area contributed by atoms with E-state index in [0.29, 0.717) is 5.92 Å². The van der Waals surface area contributed by atoms with Crippen LogP contribution in [-0.2, 0) is 4.79 Å². The summed E-state index contributed by atoms with van der Waals surface area (Å²) >= 11 is 1.73. The molecule has 3 unspecified atom stereocenters. The molecule has 3 atom stereocenters. The minimum atomic E-state index is -0.825. The van der Waals surface area contributed by atoms with Crippen LogP contribution in [0.3, 0.4) is 0 Å². The lowest BCUT2D eigenvalue weighted by Crippen LogP contribution is -2.27. The zero-order valence-electron chi connectivity index (χ0n) is 12.2. The second kappa shape index (κ2) is 5.84. The molecule has 1 heterocycles. The van der Waals surface area contributed by atoms with Crippen molar-refractivity contribution >= 4 is 23.5 Å². The van der Waals surface area contributed by atoms with Crippen molar-refractivity contribution in [3.63, 3.8) is 0 Å². The van der Waals surface area contributed by atoms with Gasteiger partial charge in [0.15, 0.2) is 5.78 Å². The molecule has 1 aromatic rings. The molecule has 3 rings (SSSR count). The standard InChI is InChI=1S/C17H20O3S/c1-10(17(19)20)11-6-7-14-15(8-11)21-9-12-4-2-3-5-13(12)16(14)18/h6-8,10,12-13H,2-5,9H2,1H3,(H,19,20). The summed E-state index contributed by atoms with van der Waals surface area (Å²) in [5, 5.41) is 9.14. The number of rotatable bonds is 2. The topological polar surface area (TPSA) is 54.4 Å². The average Bonchev–Trinajstić information content (AvgIpc) is 2.64. The Balaban J connectivity index is 1.95. The summed E-state index contributed by atoms with van der Waals surface area (Å²) in [6.45, 7) is 1.69. The number of carbonyl (C=O) groups excluding carboxylic acids is 1. The maximum Gasteiger partial charge on any atom is 0.310 e. The minimum absolute atomic E-state index is 0.176. The van der Waals surface area contributed by atoms with Gasteiger partial charge in [0.25, 0.3) is 0 Å². The maximum absolute atomic E-state index is 12.8. The highest BCUT2D eigenvalue weighted by molar-refractivity contribution is 7.99. The Morgan fingerprint density at radius 2 is 2.10 bits per heavy atom. The van der Waals surface area contributed by atoms with Gasteiger partial charge in [-0.3, -0.25) is 9.59 Å². The first-order valence-electron chi connectivity index (χ1n) is 7.61. The number of Topliss-reactive ketones (excluding diaryl/α,β-unsaturated/α-hetero) is 1. The van der Waals surface area contributed by atoms with Gasteiger partial charge >= 0.3 is 5.97 Å². The third-order valence-electron chi connectivity index (χ3n) is 4.84. The predicted molar refractivity (Wildman–Crippen MR) is 83.0 cm³/mol. The third-order valence-corrected chi connectivity index (χ3v) is 6.08. The lowest BCUT2D eigenvalue weighted by molar-refractivity contribution is -0.138. The first-order chi connectivity index (χ1) is 10.1. The summed E-state index contributed by atoms with van der Waals surface area (Å²) in [6, 6.07) is 5.56. The molecule has 1 fully saturated rings. The van der Waals surface area contributed by atoms with Gasteiger partial charge in [0.2, 0.25) is 0 Å². The van der Waals surface area contributed by atoms with Crippen molar-refractivity contribution in [3.05, 3.63) is 29.3 Å². The monoisotopic (exact) mass is 304 g/mol.